The number of guanidine groups is 1. The van der Waals surface area contributed by atoms with Crippen LogP contribution in [-0.2, 0) is 17.8 Å². The fourth-order valence-electron chi connectivity index (χ4n) is 3.10. The Kier molecular flexibility index (Phi) is 7.59. The quantitative estimate of drug-likeness (QED) is 0.520. The monoisotopic (exact) mass is 433 g/mol. The summed E-state index contributed by atoms with van der Waals surface area (Å²) in [5.74, 6) is 0.848. The first-order valence-electron chi connectivity index (χ1n) is 9.50. The summed E-state index contributed by atoms with van der Waals surface area (Å²) in [6, 6.07) is 10.5. The van der Waals surface area contributed by atoms with Crippen molar-refractivity contribution in [2.24, 2.45) is 4.99 Å². The normalized spacial score (nSPS) is 15.0. The van der Waals surface area contributed by atoms with Crippen LogP contribution < -0.4 is 15.5 Å². The van der Waals surface area contributed by atoms with Crippen molar-refractivity contribution >= 4 is 27.6 Å². The summed E-state index contributed by atoms with van der Waals surface area (Å²) in [5.41, 5.74) is 2.46. The van der Waals surface area contributed by atoms with Crippen molar-refractivity contribution in [3.63, 3.8) is 0 Å². The number of benzene rings is 1. The Hall–Kier alpha value is -1.99. The number of rotatable bonds is 7. The lowest BCUT2D eigenvalue weighted by Crippen LogP contribution is -2.39. The molecule has 3 rings (SSSR count). The Bertz CT molecular complexity index is 726. The summed E-state index contributed by atoms with van der Waals surface area (Å²) in [5, 5.41) is 6.74. The Morgan fingerprint density at radius 3 is 2.70 bits per heavy atom. The highest BCUT2D eigenvalue weighted by atomic mass is 79.9. The summed E-state index contributed by atoms with van der Waals surface area (Å²) >= 11 is 3.60. The molecule has 0 saturated carbocycles. The van der Waals surface area contributed by atoms with Gasteiger partial charge in [0.15, 0.2) is 5.96 Å². The van der Waals surface area contributed by atoms with Gasteiger partial charge >= 0.3 is 0 Å². The van der Waals surface area contributed by atoms with Crippen LogP contribution in [0.4, 0.5) is 5.69 Å². The molecule has 2 N–H and O–H groups in total. The van der Waals surface area contributed by atoms with Crippen molar-refractivity contribution in [3.05, 3.63) is 52.8 Å². The number of halogens is 1. The third-order valence-corrected chi connectivity index (χ3v) is 4.97. The van der Waals surface area contributed by atoms with Crippen LogP contribution in [0.5, 0.6) is 0 Å². The molecule has 27 heavy (non-hydrogen) atoms. The van der Waals surface area contributed by atoms with Gasteiger partial charge in [-0.05, 0) is 36.8 Å². The fraction of sp³-hybridized carbons (Fsp3) is 0.450. The SMILES string of the molecule is CCNC(=NCc1ccc(Br)cc1N1CCOCC1)NCCn1cccc1. The van der Waals surface area contributed by atoms with E-state index in [1.54, 1.807) is 0 Å². The van der Waals surface area contributed by atoms with Gasteiger partial charge in [-0.3, -0.25) is 0 Å². The molecule has 1 aliphatic rings. The molecule has 0 atom stereocenters. The van der Waals surface area contributed by atoms with Gasteiger partial charge in [0.05, 0.1) is 19.8 Å². The molecule has 2 heterocycles. The van der Waals surface area contributed by atoms with Gasteiger partial charge < -0.3 is 24.8 Å². The minimum Gasteiger partial charge on any atom is -0.378 e. The molecule has 0 amide bonds. The molecule has 7 heteroatoms. The predicted octanol–water partition coefficient (Wildman–Crippen LogP) is 2.84. The van der Waals surface area contributed by atoms with E-state index >= 15 is 0 Å². The lowest BCUT2D eigenvalue weighted by molar-refractivity contribution is 0.122. The molecule has 1 saturated heterocycles. The molecule has 1 aromatic heterocycles. The molecule has 0 bridgehead atoms. The van der Waals surface area contributed by atoms with Crippen molar-refractivity contribution in [1.29, 1.82) is 0 Å². The van der Waals surface area contributed by atoms with E-state index in [1.807, 2.05) is 12.1 Å². The second-order valence-corrected chi connectivity index (χ2v) is 7.33. The van der Waals surface area contributed by atoms with Crippen LogP contribution in [0.15, 0.2) is 52.2 Å². The topological polar surface area (TPSA) is 53.8 Å². The average Bonchev–Trinajstić information content (AvgIpc) is 3.21. The van der Waals surface area contributed by atoms with Crippen LogP contribution in [-0.4, -0.2) is 49.9 Å². The Labute approximate surface area is 169 Å². The maximum Gasteiger partial charge on any atom is 0.191 e. The zero-order chi connectivity index (χ0) is 18.9. The van der Waals surface area contributed by atoms with E-state index in [1.165, 1.54) is 11.3 Å². The minimum atomic E-state index is 0.638. The van der Waals surface area contributed by atoms with Gasteiger partial charge in [-0.2, -0.15) is 0 Å². The molecule has 0 radical (unpaired) electrons. The lowest BCUT2D eigenvalue weighted by Gasteiger charge is -2.30. The average molecular weight is 434 g/mol. The molecule has 0 unspecified atom stereocenters. The number of aliphatic imine (C=N–C) groups is 1. The van der Waals surface area contributed by atoms with Crippen molar-refractivity contribution in [1.82, 2.24) is 15.2 Å². The maximum absolute atomic E-state index is 5.49. The number of hydrogen-bond donors (Lipinski definition) is 2. The molecule has 1 fully saturated rings. The summed E-state index contributed by atoms with van der Waals surface area (Å²) in [6.07, 6.45) is 4.14. The van der Waals surface area contributed by atoms with Gasteiger partial charge in [0, 0.05) is 55.3 Å². The Morgan fingerprint density at radius 2 is 1.96 bits per heavy atom. The van der Waals surface area contributed by atoms with Gasteiger partial charge in [0.1, 0.15) is 0 Å². The number of morpholine rings is 1. The summed E-state index contributed by atoms with van der Waals surface area (Å²) < 4.78 is 8.74. The molecule has 146 valence electrons. The van der Waals surface area contributed by atoms with Crippen LogP contribution in [0, 0.1) is 0 Å². The van der Waals surface area contributed by atoms with Crippen molar-refractivity contribution in [2.75, 3.05) is 44.3 Å². The molecule has 0 aliphatic carbocycles. The molecule has 1 aromatic carbocycles. The summed E-state index contributed by atoms with van der Waals surface area (Å²) in [4.78, 5) is 7.18. The number of nitrogens with one attached hydrogen (secondary N) is 2. The highest BCUT2D eigenvalue weighted by Gasteiger charge is 2.15. The van der Waals surface area contributed by atoms with E-state index in [2.05, 4.69) is 73.5 Å². The van der Waals surface area contributed by atoms with Crippen LogP contribution >= 0.6 is 15.9 Å². The van der Waals surface area contributed by atoms with E-state index in [-0.39, 0.29) is 0 Å². The largest absolute Gasteiger partial charge is 0.378 e. The number of nitrogens with zero attached hydrogens (tertiary/aromatic N) is 3. The smallest absolute Gasteiger partial charge is 0.191 e. The summed E-state index contributed by atoms with van der Waals surface area (Å²) in [7, 11) is 0. The van der Waals surface area contributed by atoms with Crippen LogP contribution in [0.2, 0.25) is 0 Å². The van der Waals surface area contributed by atoms with Crippen molar-refractivity contribution in [3.8, 4) is 0 Å². The first-order chi connectivity index (χ1) is 13.3. The fourth-order valence-corrected chi connectivity index (χ4v) is 3.45. The van der Waals surface area contributed by atoms with Gasteiger partial charge in [-0.25, -0.2) is 4.99 Å². The van der Waals surface area contributed by atoms with Crippen molar-refractivity contribution in [2.45, 2.75) is 20.0 Å². The highest BCUT2D eigenvalue weighted by molar-refractivity contribution is 9.10. The van der Waals surface area contributed by atoms with Crippen LogP contribution in [0.1, 0.15) is 12.5 Å². The van der Waals surface area contributed by atoms with E-state index in [0.29, 0.717) is 6.54 Å². The number of aromatic nitrogens is 1. The second kappa shape index (κ2) is 10.4. The molecule has 6 nitrogen and oxygen atoms in total. The van der Waals surface area contributed by atoms with Crippen LogP contribution in [0.3, 0.4) is 0 Å². The molecule has 2 aromatic rings. The van der Waals surface area contributed by atoms with Gasteiger partial charge in [-0.15, -0.1) is 0 Å². The first-order valence-corrected chi connectivity index (χ1v) is 10.3. The standard InChI is InChI=1S/C20H28BrN5O/c1-2-22-20(23-7-10-25-8-3-4-9-25)24-16-17-5-6-18(21)15-19(17)26-11-13-27-14-12-26/h3-6,8-9,15H,2,7,10-14,16H2,1H3,(H2,22,23,24). The Balaban J connectivity index is 1.65. The molecular formula is C20H28BrN5O. The van der Waals surface area contributed by atoms with Gasteiger partial charge in [-0.1, -0.05) is 22.0 Å². The predicted molar refractivity (Wildman–Crippen MR) is 114 cm³/mol. The van der Waals surface area contributed by atoms with E-state index in [4.69, 9.17) is 9.73 Å². The third-order valence-electron chi connectivity index (χ3n) is 4.48. The first kappa shape index (κ1) is 19.8. The molecular weight excluding hydrogens is 406 g/mol. The third kappa shape index (κ3) is 6.01. The second-order valence-electron chi connectivity index (χ2n) is 6.42. The zero-order valence-corrected chi connectivity index (χ0v) is 17.4. The maximum atomic E-state index is 5.49. The highest BCUT2D eigenvalue weighted by Crippen LogP contribution is 2.26. The molecule has 0 spiro atoms. The Morgan fingerprint density at radius 1 is 1.19 bits per heavy atom. The van der Waals surface area contributed by atoms with Gasteiger partial charge in [0.25, 0.3) is 0 Å². The van der Waals surface area contributed by atoms with Gasteiger partial charge in [0.2, 0.25) is 0 Å². The number of ether oxygens (including phenoxy) is 1. The number of anilines is 1. The van der Waals surface area contributed by atoms with Crippen LogP contribution in [0.25, 0.3) is 0 Å². The number of hydrogen-bond acceptors (Lipinski definition) is 3. The zero-order valence-electron chi connectivity index (χ0n) is 15.8. The molecule has 1 aliphatic heterocycles. The van der Waals surface area contributed by atoms with E-state index in [0.717, 1.165) is 56.4 Å². The van der Waals surface area contributed by atoms with Crippen molar-refractivity contribution < 1.29 is 4.74 Å². The summed E-state index contributed by atoms with van der Waals surface area (Å²) in [6.45, 7) is 8.70. The van der Waals surface area contributed by atoms with E-state index in [9.17, 15) is 0 Å². The minimum absolute atomic E-state index is 0.638. The lowest BCUT2D eigenvalue weighted by atomic mass is 10.1. The van der Waals surface area contributed by atoms with E-state index < -0.39 is 0 Å².